The van der Waals surface area contributed by atoms with Crippen LogP contribution in [0.4, 0.5) is 0 Å². The van der Waals surface area contributed by atoms with Crippen LogP contribution in [0.3, 0.4) is 0 Å². The van der Waals surface area contributed by atoms with E-state index in [2.05, 4.69) is 38.6 Å². The number of thioether (sulfide) groups is 2. The standard InChI is InChI=1S/C15H18N4OS2/c20-14-11-22-15(17-14)18-16-9-12-2-1-3-13(8-12)10-19-4-6-21-7-5-19/h1-3,8-9H,4-7,10-11H2,(H,17,18,20). The maximum atomic E-state index is 11.0. The summed E-state index contributed by atoms with van der Waals surface area (Å²) in [6.45, 7) is 3.31. The minimum absolute atomic E-state index is 0.0133. The Balaban J connectivity index is 1.59. The maximum absolute atomic E-state index is 11.0. The Bertz CT molecular complexity index is 597. The molecule has 0 bridgehead atoms. The van der Waals surface area contributed by atoms with Crippen LogP contribution >= 0.6 is 23.5 Å². The number of carbonyl (C=O) groups is 1. The lowest BCUT2D eigenvalue weighted by Gasteiger charge is -2.26. The Morgan fingerprint density at radius 3 is 2.95 bits per heavy atom. The van der Waals surface area contributed by atoms with Crippen molar-refractivity contribution in [2.45, 2.75) is 6.54 Å². The number of carbonyl (C=O) groups excluding carboxylic acids is 1. The van der Waals surface area contributed by atoms with Gasteiger partial charge in [0.15, 0.2) is 5.17 Å². The summed E-state index contributed by atoms with van der Waals surface area (Å²) in [7, 11) is 0. The molecule has 2 fully saturated rings. The topological polar surface area (TPSA) is 57.1 Å². The van der Waals surface area contributed by atoms with Crippen LogP contribution in [-0.4, -0.2) is 52.5 Å². The molecule has 2 saturated heterocycles. The van der Waals surface area contributed by atoms with Crippen LogP contribution in [0.2, 0.25) is 0 Å². The smallest absolute Gasteiger partial charge is 0.236 e. The normalized spacial score (nSPS) is 21.6. The highest BCUT2D eigenvalue weighted by molar-refractivity contribution is 8.15. The van der Waals surface area contributed by atoms with Crippen molar-refractivity contribution < 1.29 is 4.79 Å². The average Bonchev–Trinajstić information content (AvgIpc) is 2.94. The van der Waals surface area contributed by atoms with E-state index in [0.29, 0.717) is 10.9 Å². The van der Waals surface area contributed by atoms with Gasteiger partial charge in [-0.05, 0) is 17.2 Å². The molecule has 2 aliphatic rings. The second-order valence-corrected chi connectivity index (χ2v) is 7.31. The third-order valence-corrected chi connectivity index (χ3v) is 5.21. The third-order valence-electron chi connectivity index (χ3n) is 3.40. The molecule has 1 aromatic rings. The zero-order chi connectivity index (χ0) is 15.2. The monoisotopic (exact) mass is 334 g/mol. The van der Waals surface area contributed by atoms with Gasteiger partial charge in [-0.25, -0.2) is 0 Å². The lowest BCUT2D eigenvalue weighted by molar-refractivity contribution is -0.116. The Morgan fingerprint density at radius 2 is 2.18 bits per heavy atom. The fourth-order valence-electron chi connectivity index (χ4n) is 2.32. The highest BCUT2D eigenvalue weighted by Gasteiger charge is 2.16. The second kappa shape index (κ2) is 7.80. The summed E-state index contributed by atoms with van der Waals surface area (Å²) >= 11 is 3.41. The summed E-state index contributed by atoms with van der Waals surface area (Å²) in [6.07, 6.45) is 1.73. The van der Waals surface area contributed by atoms with Gasteiger partial charge in [0.2, 0.25) is 5.91 Å². The first-order chi connectivity index (χ1) is 10.8. The largest absolute Gasteiger partial charge is 0.303 e. The molecule has 0 aliphatic carbocycles. The van der Waals surface area contributed by atoms with Crippen LogP contribution in [0.1, 0.15) is 11.1 Å². The highest BCUT2D eigenvalue weighted by atomic mass is 32.2. The summed E-state index contributed by atoms with van der Waals surface area (Å²) in [6, 6.07) is 8.36. The van der Waals surface area contributed by atoms with Crippen molar-refractivity contribution >= 4 is 40.8 Å². The minimum atomic E-state index is -0.0133. The van der Waals surface area contributed by atoms with Gasteiger partial charge in [-0.1, -0.05) is 30.0 Å². The quantitative estimate of drug-likeness (QED) is 0.674. The summed E-state index contributed by atoms with van der Waals surface area (Å²) < 4.78 is 0. The predicted octanol–water partition coefficient (Wildman–Crippen LogP) is 1.79. The van der Waals surface area contributed by atoms with Crippen molar-refractivity contribution in [2.75, 3.05) is 30.3 Å². The molecule has 0 atom stereocenters. The summed E-state index contributed by atoms with van der Waals surface area (Å²) in [5.41, 5.74) is 2.33. The zero-order valence-electron chi connectivity index (χ0n) is 12.2. The van der Waals surface area contributed by atoms with E-state index >= 15 is 0 Å². The van der Waals surface area contributed by atoms with Crippen molar-refractivity contribution in [3.05, 3.63) is 35.4 Å². The van der Waals surface area contributed by atoms with Gasteiger partial charge in [-0.15, -0.1) is 5.10 Å². The van der Waals surface area contributed by atoms with Crippen LogP contribution in [0.15, 0.2) is 34.5 Å². The van der Waals surface area contributed by atoms with Crippen molar-refractivity contribution in [1.82, 2.24) is 10.2 Å². The van der Waals surface area contributed by atoms with E-state index in [4.69, 9.17) is 0 Å². The predicted molar refractivity (Wildman–Crippen MR) is 94.7 cm³/mol. The molecule has 2 aliphatic heterocycles. The van der Waals surface area contributed by atoms with Crippen LogP contribution < -0.4 is 5.32 Å². The number of hydrogen-bond acceptors (Lipinski definition) is 6. The highest BCUT2D eigenvalue weighted by Crippen LogP contribution is 2.14. The number of nitrogens with zero attached hydrogens (tertiary/aromatic N) is 3. The molecular formula is C15H18N4OS2. The molecule has 0 spiro atoms. The molecule has 116 valence electrons. The maximum Gasteiger partial charge on any atom is 0.236 e. The Hall–Kier alpha value is -1.31. The summed E-state index contributed by atoms with van der Waals surface area (Å²) in [5.74, 6) is 2.86. The molecule has 7 heteroatoms. The molecule has 1 N–H and O–H groups in total. The van der Waals surface area contributed by atoms with Crippen molar-refractivity contribution in [3.8, 4) is 0 Å². The van der Waals surface area contributed by atoms with E-state index < -0.39 is 0 Å². The van der Waals surface area contributed by atoms with Gasteiger partial charge in [0.05, 0.1) is 12.0 Å². The first-order valence-corrected chi connectivity index (χ1v) is 9.36. The number of benzene rings is 1. The number of nitrogens with one attached hydrogen (secondary N) is 1. The fourth-order valence-corrected chi connectivity index (χ4v) is 3.93. The summed E-state index contributed by atoms with van der Waals surface area (Å²) in [5, 5.41) is 11.3. The van der Waals surface area contributed by atoms with E-state index in [0.717, 1.165) is 25.2 Å². The Labute approximate surface area is 138 Å². The molecule has 0 radical (unpaired) electrons. The molecule has 0 aromatic heterocycles. The van der Waals surface area contributed by atoms with Gasteiger partial charge < -0.3 is 5.32 Å². The van der Waals surface area contributed by atoms with E-state index in [1.165, 1.54) is 28.8 Å². The number of amides is 1. The van der Waals surface area contributed by atoms with Gasteiger partial charge in [-0.2, -0.15) is 16.9 Å². The first-order valence-electron chi connectivity index (χ1n) is 7.22. The molecule has 0 saturated carbocycles. The van der Waals surface area contributed by atoms with Gasteiger partial charge in [0.25, 0.3) is 0 Å². The average molecular weight is 334 g/mol. The van der Waals surface area contributed by atoms with Crippen LogP contribution in [-0.2, 0) is 11.3 Å². The van der Waals surface area contributed by atoms with Crippen LogP contribution in [0.5, 0.6) is 0 Å². The van der Waals surface area contributed by atoms with Gasteiger partial charge in [0, 0.05) is 31.1 Å². The molecule has 1 aromatic carbocycles. The number of rotatable bonds is 4. The van der Waals surface area contributed by atoms with Gasteiger partial charge >= 0.3 is 0 Å². The molecule has 2 heterocycles. The van der Waals surface area contributed by atoms with E-state index in [1.54, 1.807) is 6.21 Å². The van der Waals surface area contributed by atoms with E-state index in [-0.39, 0.29) is 5.91 Å². The number of amidine groups is 1. The molecule has 22 heavy (non-hydrogen) atoms. The van der Waals surface area contributed by atoms with E-state index in [9.17, 15) is 4.79 Å². The SMILES string of the molecule is O=C1CSC(=NN=Cc2cccc(CN3CCSCC3)c2)N1. The van der Waals surface area contributed by atoms with Crippen molar-refractivity contribution in [2.24, 2.45) is 10.2 Å². The van der Waals surface area contributed by atoms with Crippen molar-refractivity contribution in [1.29, 1.82) is 0 Å². The van der Waals surface area contributed by atoms with Crippen LogP contribution in [0.25, 0.3) is 0 Å². The summed E-state index contributed by atoms with van der Waals surface area (Å²) in [4.78, 5) is 13.5. The molecule has 5 nitrogen and oxygen atoms in total. The molecule has 3 rings (SSSR count). The zero-order valence-corrected chi connectivity index (χ0v) is 13.8. The minimum Gasteiger partial charge on any atom is -0.303 e. The van der Waals surface area contributed by atoms with Gasteiger partial charge in [0.1, 0.15) is 0 Å². The first kappa shape index (κ1) is 15.6. The number of hydrogen-bond donors (Lipinski definition) is 1. The van der Waals surface area contributed by atoms with Gasteiger partial charge in [-0.3, -0.25) is 9.69 Å². The van der Waals surface area contributed by atoms with E-state index in [1.807, 2.05) is 17.8 Å². The fraction of sp³-hybridized carbons (Fsp3) is 0.400. The second-order valence-electron chi connectivity index (χ2n) is 5.12. The molecule has 0 unspecified atom stereocenters. The Kier molecular flexibility index (Phi) is 5.53. The lowest BCUT2D eigenvalue weighted by Crippen LogP contribution is -2.31. The molecular weight excluding hydrogens is 316 g/mol. The third kappa shape index (κ3) is 4.59. The Morgan fingerprint density at radius 1 is 1.32 bits per heavy atom. The van der Waals surface area contributed by atoms with Crippen LogP contribution in [0, 0.1) is 0 Å². The van der Waals surface area contributed by atoms with Crippen molar-refractivity contribution in [3.63, 3.8) is 0 Å². The molecule has 1 amide bonds. The lowest BCUT2D eigenvalue weighted by atomic mass is 10.1.